The Bertz CT molecular complexity index is 280. The van der Waals surface area contributed by atoms with Crippen LogP contribution in [0.25, 0.3) is 0 Å². The highest BCUT2D eigenvalue weighted by Gasteiger charge is 2.51. The molecule has 2 rings (SSSR count). The van der Waals surface area contributed by atoms with Crippen molar-refractivity contribution in [3.05, 3.63) is 0 Å². The van der Waals surface area contributed by atoms with Crippen LogP contribution in [0.1, 0.15) is 65.7 Å². The zero-order chi connectivity index (χ0) is 12.7. The third-order valence-corrected chi connectivity index (χ3v) is 6.83. The van der Waals surface area contributed by atoms with E-state index in [0.717, 1.165) is 6.42 Å². The molecule has 0 aliphatic heterocycles. The Morgan fingerprint density at radius 1 is 1.12 bits per heavy atom. The molecule has 0 spiro atoms. The number of rotatable bonds is 1. The molecule has 1 N–H and O–H groups in total. The molecule has 0 bridgehead atoms. The van der Waals surface area contributed by atoms with Crippen LogP contribution < -0.4 is 0 Å². The van der Waals surface area contributed by atoms with Crippen LogP contribution in [-0.2, 0) is 0 Å². The van der Waals surface area contributed by atoms with Crippen LogP contribution in [0.4, 0.5) is 0 Å². The molecule has 0 aromatic heterocycles. The van der Waals surface area contributed by atoms with E-state index in [-0.39, 0.29) is 11.5 Å². The molecule has 2 aliphatic rings. The molecule has 2 fully saturated rings. The lowest BCUT2D eigenvalue weighted by molar-refractivity contribution is -0.0648. The fourth-order valence-corrected chi connectivity index (χ4v) is 4.66. The van der Waals surface area contributed by atoms with Crippen LogP contribution in [0.5, 0.6) is 0 Å². The second-order valence-corrected chi connectivity index (χ2v) is 7.65. The summed E-state index contributed by atoms with van der Waals surface area (Å²) in [4.78, 5) is 0. The summed E-state index contributed by atoms with van der Waals surface area (Å²) in [6.07, 6.45) is 8.52. The second-order valence-electron chi connectivity index (χ2n) is 7.03. The van der Waals surface area contributed by atoms with Gasteiger partial charge in [0, 0.05) is 5.25 Å². The molecule has 0 aromatic rings. The van der Waals surface area contributed by atoms with E-state index in [4.69, 9.17) is 12.6 Å². The highest BCUT2D eigenvalue weighted by atomic mass is 32.1. The highest BCUT2D eigenvalue weighted by molar-refractivity contribution is 7.81. The lowest BCUT2D eigenvalue weighted by Crippen LogP contribution is -2.50. The summed E-state index contributed by atoms with van der Waals surface area (Å²) in [6, 6.07) is 0. The van der Waals surface area contributed by atoms with Gasteiger partial charge in [0.25, 0.3) is 0 Å². The van der Waals surface area contributed by atoms with Crippen LogP contribution in [-0.4, -0.2) is 16.5 Å². The maximum atomic E-state index is 10.2. The molecule has 2 aliphatic carbocycles. The average molecular weight is 256 g/mol. The summed E-state index contributed by atoms with van der Waals surface area (Å²) in [6.45, 7) is 7.01. The van der Waals surface area contributed by atoms with Gasteiger partial charge in [-0.3, -0.25) is 0 Å². The van der Waals surface area contributed by atoms with Crippen molar-refractivity contribution in [2.45, 2.75) is 77.1 Å². The van der Waals surface area contributed by atoms with Crippen molar-refractivity contribution in [3.8, 4) is 0 Å². The van der Waals surface area contributed by atoms with E-state index in [2.05, 4.69) is 20.8 Å². The Hall–Kier alpha value is 0.310. The van der Waals surface area contributed by atoms with Crippen LogP contribution in [0, 0.1) is 16.7 Å². The van der Waals surface area contributed by atoms with Crippen LogP contribution in [0.3, 0.4) is 0 Å². The molecule has 2 saturated carbocycles. The monoisotopic (exact) mass is 256 g/mol. The van der Waals surface area contributed by atoms with E-state index >= 15 is 0 Å². The first kappa shape index (κ1) is 13.7. The maximum absolute atomic E-state index is 10.2. The van der Waals surface area contributed by atoms with E-state index in [1.54, 1.807) is 0 Å². The van der Waals surface area contributed by atoms with Crippen LogP contribution >= 0.6 is 12.6 Å². The van der Waals surface area contributed by atoms with Gasteiger partial charge >= 0.3 is 0 Å². The zero-order valence-electron chi connectivity index (χ0n) is 11.6. The molecule has 0 radical (unpaired) electrons. The molecule has 2 heteroatoms. The number of thiol groups is 1. The Kier molecular flexibility index (Phi) is 3.85. The molecule has 5 unspecified atom stereocenters. The molecule has 100 valence electrons. The van der Waals surface area contributed by atoms with Crippen LogP contribution in [0.2, 0.25) is 0 Å². The molecule has 0 aromatic carbocycles. The summed E-state index contributed by atoms with van der Waals surface area (Å²) >= 11 is 4.88. The minimum Gasteiger partial charge on any atom is -0.393 e. The fourth-order valence-electron chi connectivity index (χ4n) is 4.04. The van der Waals surface area contributed by atoms with Crippen molar-refractivity contribution in [2.24, 2.45) is 16.7 Å². The van der Waals surface area contributed by atoms with Gasteiger partial charge in [-0.05, 0) is 48.9 Å². The van der Waals surface area contributed by atoms with Gasteiger partial charge in [0.15, 0.2) is 0 Å². The minimum atomic E-state index is -0.104. The third-order valence-electron chi connectivity index (χ3n) is 6.01. The largest absolute Gasteiger partial charge is 0.393 e. The van der Waals surface area contributed by atoms with E-state index in [0.29, 0.717) is 16.6 Å². The number of aliphatic hydroxyl groups excluding tert-OH is 1. The smallest absolute Gasteiger partial charge is 0.0571 e. The molecule has 0 saturated heterocycles. The van der Waals surface area contributed by atoms with Crippen molar-refractivity contribution in [1.82, 2.24) is 0 Å². The Morgan fingerprint density at radius 3 is 2.41 bits per heavy atom. The first-order valence-electron chi connectivity index (χ1n) is 7.25. The predicted molar refractivity (Wildman–Crippen MR) is 76.5 cm³/mol. The van der Waals surface area contributed by atoms with Gasteiger partial charge < -0.3 is 5.11 Å². The lowest BCUT2D eigenvalue weighted by atomic mass is 9.52. The number of hydrogen-bond acceptors (Lipinski definition) is 2. The normalized spacial score (nSPS) is 52.4. The summed E-state index contributed by atoms with van der Waals surface area (Å²) in [7, 11) is 0. The summed E-state index contributed by atoms with van der Waals surface area (Å²) < 4.78 is 0. The molecular formula is C15H28OS. The van der Waals surface area contributed by atoms with Gasteiger partial charge in [0.05, 0.1) is 6.10 Å². The second kappa shape index (κ2) is 4.77. The van der Waals surface area contributed by atoms with Crippen molar-refractivity contribution >= 4 is 12.6 Å². The average Bonchev–Trinajstić information content (AvgIpc) is 2.28. The summed E-state index contributed by atoms with van der Waals surface area (Å²) in [5.74, 6) is 0.480. The predicted octanol–water partition coefficient (Wildman–Crippen LogP) is 4.05. The van der Waals surface area contributed by atoms with Crippen molar-refractivity contribution < 1.29 is 5.11 Å². The standard InChI is InChI=1S/C15H28OS/c1-11-7-9-14(2,10-12(11)16)15(3)8-5-4-6-13(15)17/h11-13,16-17H,4-10H2,1-3H3. The molecule has 0 amide bonds. The Morgan fingerprint density at radius 2 is 1.82 bits per heavy atom. The molecular weight excluding hydrogens is 228 g/mol. The van der Waals surface area contributed by atoms with Gasteiger partial charge in [-0.15, -0.1) is 0 Å². The SMILES string of the molecule is CC1CCC(C)(C2(C)CCCCC2S)CC1O. The first-order valence-corrected chi connectivity index (χ1v) is 7.77. The summed E-state index contributed by atoms with van der Waals surface area (Å²) in [5.41, 5.74) is 0.598. The first-order chi connectivity index (χ1) is 7.89. The Balaban J connectivity index is 2.19. The van der Waals surface area contributed by atoms with Crippen molar-refractivity contribution in [3.63, 3.8) is 0 Å². The van der Waals surface area contributed by atoms with Crippen LogP contribution in [0.15, 0.2) is 0 Å². The minimum absolute atomic E-state index is 0.104. The van der Waals surface area contributed by atoms with Gasteiger partial charge in [-0.2, -0.15) is 12.6 Å². The molecule has 1 nitrogen and oxygen atoms in total. The van der Waals surface area contributed by atoms with E-state index in [1.165, 1.54) is 38.5 Å². The topological polar surface area (TPSA) is 20.2 Å². The third kappa shape index (κ3) is 2.28. The number of hydrogen-bond donors (Lipinski definition) is 2. The highest BCUT2D eigenvalue weighted by Crippen LogP contribution is 2.58. The Labute approximate surface area is 112 Å². The molecule has 0 heterocycles. The number of aliphatic hydroxyl groups is 1. The lowest BCUT2D eigenvalue weighted by Gasteiger charge is -2.55. The van der Waals surface area contributed by atoms with Crippen molar-refractivity contribution in [2.75, 3.05) is 0 Å². The van der Waals surface area contributed by atoms with E-state index < -0.39 is 0 Å². The van der Waals surface area contributed by atoms with Gasteiger partial charge in [-0.25, -0.2) is 0 Å². The van der Waals surface area contributed by atoms with Gasteiger partial charge in [0.1, 0.15) is 0 Å². The molecule has 17 heavy (non-hydrogen) atoms. The summed E-state index contributed by atoms with van der Waals surface area (Å²) in [5, 5.41) is 10.7. The van der Waals surface area contributed by atoms with Gasteiger partial charge in [-0.1, -0.05) is 33.6 Å². The fraction of sp³-hybridized carbons (Fsp3) is 1.00. The van der Waals surface area contributed by atoms with E-state index in [1.807, 2.05) is 0 Å². The van der Waals surface area contributed by atoms with Crippen molar-refractivity contribution in [1.29, 1.82) is 0 Å². The molecule has 5 atom stereocenters. The quantitative estimate of drug-likeness (QED) is 0.678. The van der Waals surface area contributed by atoms with E-state index in [9.17, 15) is 5.11 Å². The zero-order valence-corrected chi connectivity index (χ0v) is 12.5. The van der Waals surface area contributed by atoms with Gasteiger partial charge in [0.2, 0.25) is 0 Å². The maximum Gasteiger partial charge on any atom is 0.0571 e.